The lowest BCUT2D eigenvalue weighted by Crippen LogP contribution is -2.47. The monoisotopic (exact) mass is 412 g/mol. The molecule has 1 aliphatic carbocycles. The second kappa shape index (κ2) is 7.77. The maximum Gasteiger partial charge on any atom is 0.199 e. The highest BCUT2D eigenvalue weighted by atomic mass is 32.1. The van der Waals surface area contributed by atoms with E-state index in [-0.39, 0.29) is 0 Å². The number of pyridine rings is 1. The fourth-order valence-corrected chi connectivity index (χ4v) is 4.89. The number of nitrogens with zero attached hydrogens (tertiary/aromatic N) is 6. The van der Waals surface area contributed by atoms with Gasteiger partial charge in [0.1, 0.15) is 5.82 Å². The average Bonchev–Trinajstić information content (AvgIpc) is 3.34. The molecule has 0 N–H and O–H groups in total. The molecule has 1 saturated carbocycles. The van der Waals surface area contributed by atoms with E-state index in [2.05, 4.69) is 49.0 Å². The summed E-state index contributed by atoms with van der Waals surface area (Å²) in [7, 11) is 0. The molecule has 0 radical (unpaired) electrons. The van der Waals surface area contributed by atoms with Crippen molar-refractivity contribution in [1.29, 1.82) is 0 Å². The molecule has 0 aromatic carbocycles. The maximum atomic E-state index is 5.82. The SMILES string of the molecule is S=c1n(CN2CCN(c3ccncc3)CC2)nc(Cc2cccs2)n1C1CC1. The van der Waals surface area contributed by atoms with E-state index in [9.17, 15) is 0 Å². The average molecular weight is 413 g/mol. The Bertz CT molecular complexity index is 966. The largest absolute Gasteiger partial charge is 0.369 e. The number of anilines is 1. The third-order valence-corrected chi connectivity index (χ3v) is 6.78. The third kappa shape index (κ3) is 3.76. The first-order valence-electron chi connectivity index (χ1n) is 9.86. The van der Waals surface area contributed by atoms with E-state index in [1.807, 2.05) is 17.1 Å². The van der Waals surface area contributed by atoms with Crippen LogP contribution < -0.4 is 4.90 Å². The van der Waals surface area contributed by atoms with Gasteiger partial charge in [0.15, 0.2) is 4.77 Å². The van der Waals surface area contributed by atoms with Gasteiger partial charge < -0.3 is 9.47 Å². The zero-order valence-electron chi connectivity index (χ0n) is 15.8. The van der Waals surface area contributed by atoms with Crippen LogP contribution in [0.3, 0.4) is 0 Å². The predicted molar refractivity (Wildman–Crippen MR) is 114 cm³/mol. The van der Waals surface area contributed by atoms with Crippen molar-refractivity contribution in [2.45, 2.75) is 32.0 Å². The number of hydrogen-bond donors (Lipinski definition) is 0. The van der Waals surface area contributed by atoms with Crippen molar-refractivity contribution in [2.24, 2.45) is 0 Å². The Morgan fingerprint density at radius 2 is 1.86 bits per heavy atom. The lowest BCUT2D eigenvalue weighted by Gasteiger charge is -2.35. The molecule has 2 fully saturated rings. The van der Waals surface area contributed by atoms with Gasteiger partial charge in [-0.25, -0.2) is 4.68 Å². The van der Waals surface area contributed by atoms with Crippen LogP contribution in [0.2, 0.25) is 0 Å². The van der Waals surface area contributed by atoms with Gasteiger partial charge in [-0.05, 0) is 48.6 Å². The first kappa shape index (κ1) is 18.0. The molecule has 0 atom stereocenters. The van der Waals surface area contributed by atoms with Gasteiger partial charge in [-0.15, -0.1) is 11.3 Å². The summed E-state index contributed by atoms with van der Waals surface area (Å²) in [5, 5.41) is 7.07. The smallest absolute Gasteiger partial charge is 0.199 e. The topological polar surface area (TPSA) is 42.1 Å². The molecule has 146 valence electrons. The Morgan fingerprint density at radius 1 is 1.07 bits per heavy atom. The van der Waals surface area contributed by atoms with Crippen LogP contribution in [0, 0.1) is 4.77 Å². The molecular weight excluding hydrogens is 388 g/mol. The van der Waals surface area contributed by atoms with E-state index in [0.29, 0.717) is 6.04 Å². The number of rotatable bonds is 6. The molecule has 1 aliphatic heterocycles. The summed E-state index contributed by atoms with van der Waals surface area (Å²) in [6.07, 6.45) is 7.05. The molecule has 0 spiro atoms. The Labute approximate surface area is 174 Å². The van der Waals surface area contributed by atoms with Gasteiger partial charge in [-0.3, -0.25) is 9.88 Å². The molecule has 3 aromatic rings. The summed E-state index contributed by atoms with van der Waals surface area (Å²) in [5.41, 5.74) is 1.25. The minimum Gasteiger partial charge on any atom is -0.369 e. The molecule has 0 unspecified atom stereocenters. The molecular formula is C20H24N6S2. The number of thiophene rings is 1. The molecule has 0 amide bonds. The molecule has 4 heterocycles. The summed E-state index contributed by atoms with van der Waals surface area (Å²) >= 11 is 7.61. The highest BCUT2D eigenvalue weighted by Crippen LogP contribution is 2.36. The van der Waals surface area contributed by atoms with Gasteiger partial charge in [0, 0.05) is 61.6 Å². The van der Waals surface area contributed by atoms with Gasteiger partial charge in [-0.2, -0.15) is 5.10 Å². The standard InChI is InChI=1S/C20H24N6S2/c27-20-25(15-23-9-11-24(12-10-23)16-5-7-21-8-6-16)22-19(26(20)17-3-4-17)14-18-2-1-13-28-18/h1-2,5-8,13,17H,3-4,9-12,14-15H2. The van der Waals surface area contributed by atoms with Crippen molar-refractivity contribution in [3.63, 3.8) is 0 Å². The Hall–Kier alpha value is -2.03. The summed E-state index contributed by atoms with van der Waals surface area (Å²) in [6, 6.07) is 9.01. The number of aromatic nitrogens is 4. The van der Waals surface area contributed by atoms with Crippen LogP contribution in [0.5, 0.6) is 0 Å². The van der Waals surface area contributed by atoms with Crippen LogP contribution in [0.1, 0.15) is 29.6 Å². The first-order chi connectivity index (χ1) is 13.8. The Kier molecular flexibility index (Phi) is 5.00. The maximum absolute atomic E-state index is 5.82. The quantitative estimate of drug-likeness (QED) is 0.579. The summed E-state index contributed by atoms with van der Waals surface area (Å²) < 4.78 is 5.23. The number of hydrogen-bond acceptors (Lipinski definition) is 6. The van der Waals surface area contributed by atoms with Gasteiger partial charge >= 0.3 is 0 Å². The normalized spacial score (nSPS) is 17.9. The minimum absolute atomic E-state index is 0.555. The van der Waals surface area contributed by atoms with Crippen molar-refractivity contribution in [3.05, 3.63) is 57.5 Å². The minimum atomic E-state index is 0.555. The second-order valence-electron chi connectivity index (χ2n) is 7.51. The number of piperazine rings is 1. The zero-order chi connectivity index (χ0) is 18.9. The lowest BCUT2D eigenvalue weighted by atomic mass is 10.3. The van der Waals surface area contributed by atoms with E-state index < -0.39 is 0 Å². The Morgan fingerprint density at radius 3 is 2.54 bits per heavy atom. The van der Waals surface area contributed by atoms with Gasteiger partial charge in [0.2, 0.25) is 0 Å². The van der Waals surface area contributed by atoms with Crippen LogP contribution in [0.15, 0.2) is 42.0 Å². The van der Waals surface area contributed by atoms with E-state index in [4.69, 9.17) is 17.3 Å². The zero-order valence-corrected chi connectivity index (χ0v) is 17.4. The fraction of sp³-hybridized carbons (Fsp3) is 0.450. The van der Waals surface area contributed by atoms with Crippen LogP contribution in [-0.2, 0) is 13.1 Å². The summed E-state index contributed by atoms with van der Waals surface area (Å²) in [6.45, 7) is 4.84. The third-order valence-electron chi connectivity index (χ3n) is 5.50. The van der Waals surface area contributed by atoms with Crippen molar-refractivity contribution in [1.82, 2.24) is 24.2 Å². The molecule has 1 saturated heterocycles. The molecule has 2 aliphatic rings. The molecule has 8 heteroatoms. The van der Waals surface area contributed by atoms with E-state index in [0.717, 1.165) is 49.9 Å². The van der Waals surface area contributed by atoms with Gasteiger partial charge in [0.05, 0.1) is 6.67 Å². The van der Waals surface area contributed by atoms with Crippen molar-refractivity contribution in [2.75, 3.05) is 31.1 Å². The lowest BCUT2D eigenvalue weighted by molar-refractivity contribution is 0.194. The molecule has 0 bridgehead atoms. The first-order valence-corrected chi connectivity index (χ1v) is 11.1. The van der Waals surface area contributed by atoms with Gasteiger partial charge in [-0.1, -0.05) is 6.07 Å². The van der Waals surface area contributed by atoms with Crippen LogP contribution in [0.4, 0.5) is 5.69 Å². The van der Waals surface area contributed by atoms with Crippen molar-refractivity contribution in [3.8, 4) is 0 Å². The fourth-order valence-electron chi connectivity index (χ4n) is 3.84. The molecule has 6 nitrogen and oxygen atoms in total. The van der Waals surface area contributed by atoms with E-state index >= 15 is 0 Å². The summed E-state index contributed by atoms with van der Waals surface area (Å²) in [5.74, 6) is 1.12. The molecule has 5 rings (SSSR count). The van der Waals surface area contributed by atoms with Crippen LogP contribution in [0.25, 0.3) is 0 Å². The highest BCUT2D eigenvalue weighted by molar-refractivity contribution is 7.71. The predicted octanol–water partition coefficient (Wildman–Crippen LogP) is 3.58. The molecule has 3 aromatic heterocycles. The van der Waals surface area contributed by atoms with Crippen molar-refractivity contribution >= 4 is 29.2 Å². The van der Waals surface area contributed by atoms with Crippen LogP contribution in [-0.4, -0.2) is 50.4 Å². The van der Waals surface area contributed by atoms with E-state index in [1.165, 1.54) is 23.4 Å². The Balaban J connectivity index is 1.29. The van der Waals surface area contributed by atoms with Crippen molar-refractivity contribution < 1.29 is 0 Å². The molecule has 28 heavy (non-hydrogen) atoms. The highest BCUT2D eigenvalue weighted by Gasteiger charge is 2.29. The summed E-state index contributed by atoms with van der Waals surface area (Å²) in [4.78, 5) is 10.3. The van der Waals surface area contributed by atoms with E-state index in [1.54, 1.807) is 11.3 Å². The van der Waals surface area contributed by atoms with Gasteiger partial charge in [0.25, 0.3) is 0 Å². The second-order valence-corrected chi connectivity index (χ2v) is 8.90. The van der Waals surface area contributed by atoms with Crippen LogP contribution >= 0.6 is 23.6 Å².